The molecule has 6 heteroatoms. The fourth-order valence-electron chi connectivity index (χ4n) is 3.27. The highest BCUT2D eigenvalue weighted by Crippen LogP contribution is 2.28. The molecule has 2 N–H and O–H groups in total. The molecule has 0 atom stereocenters. The molecule has 2 amide bonds. The van der Waals surface area contributed by atoms with Crippen LogP contribution in [0.5, 0.6) is 0 Å². The van der Waals surface area contributed by atoms with E-state index < -0.39 is 5.54 Å². The first-order chi connectivity index (χ1) is 12.0. The lowest BCUT2D eigenvalue weighted by Crippen LogP contribution is -2.58. The van der Waals surface area contributed by atoms with Crippen LogP contribution in [0.2, 0.25) is 0 Å². The summed E-state index contributed by atoms with van der Waals surface area (Å²) >= 11 is 0. The third-order valence-electron chi connectivity index (χ3n) is 4.93. The van der Waals surface area contributed by atoms with E-state index in [0.717, 1.165) is 38.5 Å². The summed E-state index contributed by atoms with van der Waals surface area (Å²) in [7, 11) is 1.64. The van der Waals surface area contributed by atoms with Crippen molar-refractivity contribution >= 4 is 11.8 Å². The number of nitrogens with zero attached hydrogens (tertiary/aromatic N) is 1. The maximum Gasteiger partial charge on any atom is 0.252 e. The van der Waals surface area contributed by atoms with Crippen molar-refractivity contribution in [2.24, 2.45) is 7.05 Å². The second-order valence-electron chi connectivity index (χ2n) is 6.92. The van der Waals surface area contributed by atoms with Crippen LogP contribution in [0.3, 0.4) is 0 Å². The molecule has 0 aliphatic heterocycles. The molecular weight excluding hydrogens is 318 g/mol. The minimum absolute atomic E-state index is 0.0972. The van der Waals surface area contributed by atoms with E-state index in [9.17, 15) is 14.4 Å². The highest BCUT2D eigenvalue weighted by Gasteiger charge is 2.39. The topological polar surface area (TPSA) is 80.2 Å². The summed E-state index contributed by atoms with van der Waals surface area (Å²) < 4.78 is 1.41. The number of pyridine rings is 1. The Kier molecular flexibility index (Phi) is 6.79. The largest absolute Gasteiger partial charge is 0.354 e. The fourth-order valence-corrected chi connectivity index (χ4v) is 3.27. The van der Waals surface area contributed by atoms with Gasteiger partial charge in [-0.05, 0) is 25.3 Å². The summed E-state index contributed by atoms with van der Waals surface area (Å²) in [6.07, 6.45) is 8.76. The van der Waals surface area contributed by atoms with Crippen LogP contribution in [0.1, 0.15) is 68.6 Å². The number of unbranched alkanes of at least 4 members (excludes halogenated alkanes) is 1. The summed E-state index contributed by atoms with van der Waals surface area (Å²) in [5, 5.41) is 5.94. The molecule has 2 rings (SSSR count). The minimum atomic E-state index is -0.873. The molecule has 1 aromatic heterocycles. The summed E-state index contributed by atoms with van der Waals surface area (Å²) in [5.41, 5.74) is -0.814. The Balaban J connectivity index is 2.19. The molecule has 1 heterocycles. The molecule has 25 heavy (non-hydrogen) atoms. The molecule has 138 valence electrons. The molecule has 0 spiro atoms. The van der Waals surface area contributed by atoms with Gasteiger partial charge in [0.05, 0.1) is 0 Å². The second-order valence-corrected chi connectivity index (χ2v) is 6.92. The number of carbonyl (C=O) groups excluding carboxylic acids is 2. The summed E-state index contributed by atoms with van der Waals surface area (Å²) in [6.45, 7) is 2.70. The number of aromatic nitrogens is 1. The molecule has 1 aliphatic rings. The van der Waals surface area contributed by atoms with Crippen molar-refractivity contribution in [1.82, 2.24) is 15.2 Å². The first kappa shape index (κ1) is 19.2. The molecule has 0 radical (unpaired) electrons. The smallest absolute Gasteiger partial charge is 0.252 e. The SMILES string of the molecule is CCCCNC(=O)C1(NC(=O)c2ccn(C)c(=O)c2)CCCCCC1. The molecule has 0 saturated heterocycles. The Hall–Kier alpha value is -2.11. The molecule has 1 fully saturated rings. The first-order valence-corrected chi connectivity index (χ1v) is 9.26. The second kappa shape index (κ2) is 8.83. The number of nitrogens with one attached hydrogen (secondary N) is 2. The van der Waals surface area contributed by atoms with Crippen LogP contribution in [-0.2, 0) is 11.8 Å². The van der Waals surface area contributed by atoms with E-state index >= 15 is 0 Å². The van der Waals surface area contributed by atoms with Gasteiger partial charge < -0.3 is 15.2 Å². The minimum Gasteiger partial charge on any atom is -0.354 e. The van der Waals surface area contributed by atoms with Gasteiger partial charge in [-0.25, -0.2) is 0 Å². The van der Waals surface area contributed by atoms with E-state index in [-0.39, 0.29) is 17.4 Å². The number of hydrogen-bond acceptors (Lipinski definition) is 3. The summed E-state index contributed by atoms with van der Waals surface area (Å²) in [5.74, 6) is -0.453. The zero-order valence-electron chi connectivity index (χ0n) is 15.3. The first-order valence-electron chi connectivity index (χ1n) is 9.26. The molecule has 1 aliphatic carbocycles. The van der Waals surface area contributed by atoms with E-state index in [0.29, 0.717) is 24.9 Å². The van der Waals surface area contributed by atoms with Gasteiger partial charge in [0.15, 0.2) is 0 Å². The molecular formula is C19H29N3O3. The molecule has 0 unspecified atom stereocenters. The van der Waals surface area contributed by atoms with Crippen molar-refractivity contribution < 1.29 is 9.59 Å². The average molecular weight is 347 g/mol. The van der Waals surface area contributed by atoms with Crippen LogP contribution in [0.4, 0.5) is 0 Å². The number of carbonyl (C=O) groups is 2. The van der Waals surface area contributed by atoms with E-state index in [1.54, 1.807) is 19.3 Å². The van der Waals surface area contributed by atoms with Gasteiger partial charge in [0.25, 0.3) is 11.5 Å². The number of rotatable bonds is 6. The average Bonchev–Trinajstić information content (AvgIpc) is 2.84. The zero-order valence-corrected chi connectivity index (χ0v) is 15.3. The normalized spacial score (nSPS) is 16.7. The van der Waals surface area contributed by atoms with Crippen LogP contribution in [0.25, 0.3) is 0 Å². The van der Waals surface area contributed by atoms with Crippen LogP contribution in [0, 0.1) is 0 Å². The number of amides is 2. The van der Waals surface area contributed by atoms with Gasteiger partial charge in [-0.15, -0.1) is 0 Å². The van der Waals surface area contributed by atoms with Gasteiger partial charge in [-0.1, -0.05) is 39.0 Å². The predicted molar refractivity (Wildman–Crippen MR) is 97.5 cm³/mol. The quantitative estimate of drug-likeness (QED) is 0.611. The molecule has 1 saturated carbocycles. The van der Waals surface area contributed by atoms with Crippen molar-refractivity contribution in [2.75, 3.05) is 6.54 Å². The van der Waals surface area contributed by atoms with Gasteiger partial charge >= 0.3 is 0 Å². The highest BCUT2D eigenvalue weighted by atomic mass is 16.2. The van der Waals surface area contributed by atoms with Gasteiger partial charge in [-0.2, -0.15) is 0 Å². The highest BCUT2D eigenvalue weighted by molar-refractivity contribution is 5.99. The van der Waals surface area contributed by atoms with Gasteiger partial charge in [0.1, 0.15) is 5.54 Å². The van der Waals surface area contributed by atoms with E-state index in [1.807, 2.05) is 0 Å². The Labute approximate surface area is 149 Å². The van der Waals surface area contributed by atoms with Crippen LogP contribution >= 0.6 is 0 Å². The number of hydrogen-bond donors (Lipinski definition) is 2. The van der Waals surface area contributed by atoms with Gasteiger partial charge in [-0.3, -0.25) is 14.4 Å². The molecule has 6 nitrogen and oxygen atoms in total. The van der Waals surface area contributed by atoms with Crippen molar-refractivity contribution in [3.8, 4) is 0 Å². The maximum atomic E-state index is 12.8. The van der Waals surface area contributed by atoms with Crippen molar-refractivity contribution in [2.45, 2.75) is 63.8 Å². The fraction of sp³-hybridized carbons (Fsp3) is 0.632. The molecule has 0 aromatic carbocycles. The summed E-state index contributed by atoms with van der Waals surface area (Å²) in [6, 6.07) is 2.92. The van der Waals surface area contributed by atoms with Crippen molar-refractivity contribution in [3.05, 3.63) is 34.2 Å². The van der Waals surface area contributed by atoms with Crippen molar-refractivity contribution in [3.63, 3.8) is 0 Å². The Morgan fingerprint density at radius 1 is 1.20 bits per heavy atom. The Morgan fingerprint density at radius 2 is 1.88 bits per heavy atom. The molecule has 0 bridgehead atoms. The van der Waals surface area contributed by atoms with Gasteiger partial charge in [0, 0.05) is 31.4 Å². The molecule has 1 aromatic rings. The van der Waals surface area contributed by atoms with E-state index in [4.69, 9.17) is 0 Å². The zero-order chi connectivity index (χ0) is 18.3. The van der Waals surface area contributed by atoms with E-state index in [2.05, 4.69) is 17.6 Å². The predicted octanol–water partition coefficient (Wildman–Crippen LogP) is 2.12. The maximum absolute atomic E-state index is 12.8. The van der Waals surface area contributed by atoms with Gasteiger partial charge in [0.2, 0.25) is 5.91 Å². The Morgan fingerprint density at radius 3 is 2.48 bits per heavy atom. The van der Waals surface area contributed by atoms with Crippen molar-refractivity contribution in [1.29, 1.82) is 0 Å². The lowest BCUT2D eigenvalue weighted by atomic mass is 9.88. The standard InChI is InChI=1S/C19H29N3O3/c1-3-4-12-20-18(25)19(10-7-5-6-8-11-19)21-17(24)15-9-13-22(2)16(23)14-15/h9,13-14H,3-8,10-12H2,1-2H3,(H,20,25)(H,21,24). The third-order valence-corrected chi connectivity index (χ3v) is 4.93. The van der Waals surface area contributed by atoms with Crippen LogP contribution in [0.15, 0.2) is 23.1 Å². The van der Waals surface area contributed by atoms with Crippen LogP contribution in [-0.4, -0.2) is 28.5 Å². The lowest BCUT2D eigenvalue weighted by Gasteiger charge is -2.32. The summed E-state index contributed by atoms with van der Waals surface area (Å²) in [4.78, 5) is 37.3. The lowest BCUT2D eigenvalue weighted by molar-refractivity contribution is -0.128. The Bertz CT molecular complexity index is 658. The third kappa shape index (κ3) is 4.94. The van der Waals surface area contributed by atoms with Crippen LogP contribution < -0.4 is 16.2 Å². The monoisotopic (exact) mass is 347 g/mol. The number of aryl methyl sites for hydroxylation is 1. The van der Waals surface area contributed by atoms with E-state index in [1.165, 1.54) is 10.6 Å².